The number of nitrogens with zero attached hydrogens (tertiary/aromatic N) is 6. The Morgan fingerprint density at radius 1 is 1.18 bits per heavy atom. The number of carbonyl (C=O) groups is 1. The van der Waals surface area contributed by atoms with E-state index < -0.39 is 0 Å². The molecule has 0 bridgehead atoms. The van der Waals surface area contributed by atoms with Crippen LogP contribution in [0.5, 0.6) is 5.75 Å². The zero-order chi connectivity index (χ0) is 26.8. The predicted molar refractivity (Wildman–Crippen MR) is 151 cm³/mol. The maximum absolute atomic E-state index is 12.3. The van der Waals surface area contributed by atoms with Crippen LogP contribution in [0, 0.1) is 0 Å². The Kier molecular flexibility index (Phi) is 6.97. The number of hydrogen-bond acceptors (Lipinski definition) is 8. The molecule has 196 valence electrons. The van der Waals surface area contributed by atoms with Gasteiger partial charge in [0.2, 0.25) is 5.91 Å². The molecule has 2 N–H and O–H groups in total. The van der Waals surface area contributed by atoms with E-state index in [1.54, 1.807) is 7.11 Å². The van der Waals surface area contributed by atoms with E-state index in [1.165, 1.54) is 12.4 Å². The summed E-state index contributed by atoms with van der Waals surface area (Å²) in [5.74, 6) is 0.943. The van der Waals surface area contributed by atoms with Crippen molar-refractivity contribution in [2.45, 2.75) is 12.5 Å². The minimum absolute atomic E-state index is 0.283. The summed E-state index contributed by atoms with van der Waals surface area (Å²) in [4.78, 5) is 25.7. The second-order valence-corrected chi connectivity index (χ2v) is 9.53. The molecule has 10 nitrogen and oxygen atoms in total. The fraction of sp³-hybridized carbons (Fsp3) is 0.286. The first kappa shape index (κ1) is 25.2. The fourth-order valence-electron chi connectivity index (χ4n) is 4.86. The molecule has 2 aromatic carbocycles. The van der Waals surface area contributed by atoms with E-state index in [9.17, 15) is 4.79 Å². The molecule has 1 unspecified atom stereocenters. The van der Waals surface area contributed by atoms with Crippen molar-refractivity contribution >= 4 is 39.7 Å². The molecule has 0 radical (unpaired) electrons. The summed E-state index contributed by atoms with van der Waals surface area (Å²) in [5, 5.41) is 11.7. The number of anilines is 4. The Bertz CT molecular complexity index is 1500. The standard InChI is InChI=1S/C28H32N8O2/c1-6-28(37)33-22-12-23(26(38-5)14-25(22)35(3)20-9-10-34(2)16-20)32-27-13-21(29-17-30-27)18-7-8-19-15-31-36(4)24(19)11-18/h6-8,11-15,17,20H,1,9-10,16H2,2-5H3,(H,33,37)(H,29,30,32). The molecule has 1 saturated heterocycles. The summed E-state index contributed by atoms with van der Waals surface area (Å²) >= 11 is 0. The Labute approximate surface area is 221 Å². The minimum atomic E-state index is -0.283. The Morgan fingerprint density at radius 2 is 2.03 bits per heavy atom. The number of amides is 1. The lowest BCUT2D eigenvalue weighted by Crippen LogP contribution is -2.34. The maximum atomic E-state index is 12.3. The van der Waals surface area contributed by atoms with Crippen LogP contribution in [0.1, 0.15) is 6.42 Å². The third-order valence-corrected chi connectivity index (χ3v) is 7.03. The molecule has 10 heteroatoms. The van der Waals surface area contributed by atoms with Gasteiger partial charge in [-0.25, -0.2) is 9.97 Å². The van der Waals surface area contributed by atoms with Gasteiger partial charge < -0.3 is 25.2 Å². The van der Waals surface area contributed by atoms with Crippen molar-refractivity contribution in [3.8, 4) is 17.0 Å². The number of fused-ring (bicyclic) bond motifs is 1. The number of carbonyl (C=O) groups excluding carboxylic acids is 1. The van der Waals surface area contributed by atoms with Crippen LogP contribution in [0.3, 0.4) is 0 Å². The molecule has 1 atom stereocenters. The summed E-state index contributed by atoms with van der Waals surface area (Å²) in [6.07, 6.45) is 5.67. The van der Waals surface area contributed by atoms with Gasteiger partial charge in [0, 0.05) is 49.8 Å². The first-order chi connectivity index (χ1) is 18.4. The molecule has 38 heavy (non-hydrogen) atoms. The van der Waals surface area contributed by atoms with E-state index in [2.05, 4.69) is 55.2 Å². The largest absolute Gasteiger partial charge is 0.494 e. The van der Waals surface area contributed by atoms with Gasteiger partial charge in [0.15, 0.2) is 0 Å². The van der Waals surface area contributed by atoms with Gasteiger partial charge in [-0.1, -0.05) is 18.7 Å². The zero-order valence-electron chi connectivity index (χ0n) is 22.1. The SMILES string of the molecule is C=CC(=O)Nc1cc(Nc2cc(-c3ccc4cnn(C)c4c3)ncn2)c(OC)cc1N(C)C1CCN(C)C1. The van der Waals surface area contributed by atoms with Gasteiger partial charge >= 0.3 is 0 Å². The number of hydrogen-bond donors (Lipinski definition) is 2. The van der Waals surface area contributed by atoms with Crippen LogP contribution in [-0.2, 0) is 11.8 Å². The van der Waals surface area contributed by atoms with Gasteiger partial charge in [-0.3, -0.25) is 9.48 Å². The van der Waals surface area contributed by atoms with Gasteiger partial charge in [-0.15, -0.1) is 0 Å². The van der Waals surface area contributed by atoms with Crippen LogP contribution in [0.25, 0.3) is 22.2 Å². The molecule has 1 amide bonds. The monoisotopic (exact) mass is 512 g/mol. The molecule has 2 aromatic heterocycles. The molecular weight excluding hydrogens is 480 g/mol. The zero-order valence-corrected chi connectivity index (χ0v) is 22.1. The molecule has 4 aromatic rings. The van der Waals surface area contributed by atoms with E-state index in [0.29, 0.717) is 29.0 Å². The topological polar surface area (TPSA) is 100 Å². The van der Waals surface area contributed by atoms with Crippen molar-refractivity contribution in [1.29, 1.82) is 0 Å². The van der Waals surface area contributed by atoms with Crippen molar-refractivity contribution < 1.29 is 9.53 Å². The molecule has 0 spiro atoms. The molecule has 1 fully saturated rings. The van der Waals surface area contributed by atoms with Crippen molar-refractivity contribution in [3.05, 3.63) is 61.6 Å². The number of nitrogens with one attached hydrogen (secondary N) is 2. The Hall–Kier alpha value is -4.44. The lowest BCUT2D eigenvalue weighted by molar-refractivity contribution is -0.111. The molecular formula is C28H32N8O2. The molecule has 0 saturated carbocycles. The van der Waals surface area contributed by atoms with E-state index in [4.69, 9.17) is 4.74 Å². The first-order valence-electron chi connectivity index (χ1n) is 12.4. The van der Waals surface area contributed by atoms with Crippen molar-refractivity contribution in [2.75, 3.05) is 49.8 Å². The fourth-order valence-corrected chi connectivity index (χ4v) is 4.86. The molecule has 3 heterocycles. The van der Waals surface area contributed by atoms with Crippen molar-refractivity contribution in [3.63, 3.8) is 0 Å². The maximum Gasteiger partial charge on any atom is 0.247 e. The van der Waals surface area contributed by atoms with Crippen LogP contribution in [0.2, 0.25) is 0 Å². The smallest absolute Gasteiger partial charge is 0.247 e. The molecule has 0 aliphatic carbocycles. The highest BCUT2D eigenvalue weighted by Gasteiger charge is 2.26. The third-order valence-electron chi connectivity index (χ3n) is 7.03. The van der Waals surface area contributed by atoms with Crippen LogP contribution in [0.15, 0.2) is 61.6 Å². The number of likely N-dealkylation sites (tertiary alicyclic amines) is 1. The summed E-state index contributed by atoms with van der Waals surface area (Å²) < 4.78 is 7.60. The Balaban J connectivity index is 1.49. The lowest BCUT2D eigenvalue weighted by atomic mass is 10.1. The summed E-state index contributed by atoms with van der Waals surface area (Å²) in [6, 6.07) is 12.1. The second-order valence-electron chi connectivity index (χ2n) is 9.53. The number of rotatable bonds is 8. The van der Waals surface area contributed by atoms with Crippen LogP contribution < -0.4 is 20.3 Å². The second kappa shape index (κ2) is 10.5. The van der Waals surface area contributed by atoms with E-state index >= 15 is 0 Å². The van der Waals surface area contributed by atoms with Crippen molar-refractivity contribution in [2.24, 2.45) is 7.05 Å². The predicted octanol–water partition coefficient (Wildman–Crippen LogP) is 4.05. The first-order valence-corrected chi connectivity index (χ1v) is 12.4. The summed E-state index contributed by atoms with van der Waals surface area (Å²) in [5.41, 5.74) is 4.94. The number of aryl methyl sites for hydroxylation is 1. The van der Waals surface area contributed by atoms with Crippen molar-refractivity contribution in [1.82, 2.24) is 24.6 Å². The molecule has 1 aliphatic rings. The van der Waals surface area contributed by atoms with Gasteiger partial charge in [0.05, 0.1) is 41.6 Å². The number of ether oxygens (including phenoxy) is 1. The average Bonchev–Trinajstić information content (AvgIpc) is 3.53. The van der Waals surface area contributed by atoms with E-state index in [1.807, 2.05) is 55.3 Å². The number of likely N-dealkylation sites (N-methyl/N-ethyl adjacent to an activating group) is 2. The Morgan fingerprint density at radius 3 is 2.76 bits per heavy atom. The highest BCUT2D eigenvalue weighted by atomic mass is 16.5. The average molecular weight is 513 g/mol. The number of aromatic nitrogens is 4. The van der Waals surface area contributed by atoms with Gasteiger partial charge in [-0.05, 0) is 38.2 Å². The minimum Gasteiger partial charge on any atom is -0.494 e. The third kappa shape index (κ3) is 5.03. The van der Waals surface area contributed by atoms with E-state index in [0.717, 1.165) is 47.4 Å². The van der Waals surface area contributed by atoms with Gasteiger partial charge in [-0.2, -0.15) is 5.10 Å². The lowest BCUT2D eigenvalue weighted by Gasteiger charge is -2.29. The highest BCUT2D eigenvalue weighted by Crippen LogP contribution is 2.39. The van der Waals surface area contributed by atoms with Gasteiger partial charge in [0.1, 0.15) is 17.9 Å². The van der Waals surface area contributed by atoms with E-state index in [-0.39, 0.29) is 5.91 Å². The van der Waals surface area contributed by atoms with Crippen LogP contribution in [-0.4, -0.2) is 70.9 Å². The quantitative estimate of drug-likeness (QED) is 0.341. The summed E-state index contributed by atoms with van der Waals surface area (Å²) in [7, 11) is 7.71. The van der Waals surface area contributed by atoms with Crippen LogP contribution >= 0.6 is 0 Å². The van der Waals surface area contributed by atoms with Crippen LogP contribution in [0.4, 0.5) is 22.9 Å². The number of benzene rings is 2. The highest BCUT2D eigenvalue weighted by molar-refractivity contribution is 6.02. The normalized spacial score (nSPS) is 15.4. The van der Waals surface area contributed by atoms with Gasteiger partial charge in [0.25, 0.3) is 0 Å². The summed E-state index contributed by atoms with van der Waals surface area (Å²) in [6.45, 7) is 5.58. The molecule has 5 rings (SSSR count). The molecule has 1 aliphatic heterocycles. The number of methoxy groups -OCH3 is 1.